The minimum absolute atomic E-state index is 0.0903. The average molecular weight is 483 g/mol. The Balaban J connectivity index is 1.91. The molecular weight excluding hydrogens is 455 g/mol. The Labute approximate surface area is 202 Å². The maximum absolute atomic E-state index is 14.1. The number of anilines is 2. The van der Waals surface area contributed by atoms with Gasteiger partial charge in [0, 0.05) is 30.8 Å². The smallest absolute Gasteiger partial charge is 0.335 e. The minimum Gasteiger partial charge on any atom is -0.367 e. The number of non-ortho nitro benzene ring substituents is 1. The van der Waals surface area contributed by atoms with Crippen molar-refractivity contribution in [3.05, 3.63) is 64.0 Å². The fourth-order valence-electron chi connectivity index (χ4n) is 5.17. The normalized spacial score (nSPS) is 21.8. The Morgan fingerprint density at radius 3 is 2.46 bits per heavy atom. The number of unbranched alkanes of at least 4 members (excludes halogenated alkanes) is 1. The van der Waals surface area contributed by atoms with E-state index < -0.39 is 40.0 Å². The van der Waals surface area contributed by atoms with Crippen molar-refractivity contribution in [2.24, 2.45) is 5.41 Å². The van der Waals surface area contributed by atoms with Crippen molar-refractivity contribution >= 4 is 34.9 Å². The number of carbonyl (C=O) groups excluding carboxylic acids is 3. The summed E-state index contributed by atoms with van der Waals surface area (Å²) in [7, 11) is 0. The number of nitro groups is 1. The molecule has 4 amide bonds. The van der Waals surface area contributed by atoms with Crippen LogP contribution in [0.5, 0.6) is 0 Å². The molecular formula is C25H27FN4O5. The molecule has 184 valence electrons. The van der Waals surface area contributed by atoms with E-state index in [1.165, 1.54) is 24.3 Å². The molecule has 0 aromatic heterocycles. The molecule has 0 aliphatic carbocycles. The van der Waals surface area contributed by atoms with Gasteiger partial charge in [-0.15, -0.1) is 0 Å². The van der Waals surface area contributed by atoms with E-state index in [0.717, 1.165) is 35.6 Å². The van der Waals surface area contributed by atoms with Gasteiger partial charge in [0.1, 0.15) is 5.82 Å². The lowest BCUT2D eigenvalue weighted by Crippen LogP contribution is -2.72. The van der Waals surface area contributed by atoms with E-state index >= 15 is 0 Å². The maximum Gasteiger partial charge on any atom is 0.335 e. The molecule has 2 aliphatic rings. The summed E-state index contributed by atoms with van der Waals surface area (Å²) in [6.07, 6.45) is 2.72. The predicted molar refractivity (Wildman–Crippen MR) is 128 cm³/mol. The van der Waals surface area contributed by atoms with Gasteiger partial charge in [-0.3, -0.25) is 25.0 Å². The zero-order chi connectivity index (χ0) is 25.3. The van der Waals surface area contributed by atoms with E-state index in [1.54, 1.807) is 6.07 Å². The molecule has 0 bridgehead atoms. The van der Waals surface area contributed by atoms with Crippen molar-refractivity contribution in [2.45, 2.75) is 52.0 Å². The van der Waals surface area contributed by atoms with Crippen molar-refractivity contribution < 1.29 is 23.7 Å². The molecule has 1 spiro atoms. The molecule has 35 heavy (non-hydrogen) atoms. The van der Waals surface area contributed by atoms with Crippen LogP contribution in [0.4, 0.5) is 26.2 Å². The molecule has 4 rings (SSSR count). The first-order chi connectivity index (χ1) is 16.7. The Kier molecular flexibility index (Phi) is 6.56. The van der Waals surface area contributed by atoms with Gasteiger partial charge in [-0.25, -0.2) is 14.1 Å². The summed E-state index contributed by atoms with van der Waals surface area (Å²) >= 11 is 0. The number of amides is 4. The van der Waals surface area contributed by atoms with Crippen LogP contribution in [0.25, 0.3) is 0 Å². The third kappa shape index (κ3) is 4.02. The summed E-state index contributed by atoms with van der Waals surface area (Å²) in [5.74, 6) is -1.96. The number of barbiturate groups is 1. The molecule has 1 fully saturated rings. The van der Waals surface area contributed by atoms with Crippen molar-refractivity contribution in [1.29, 1.82) is 0 Å². The standard InChI is InChI=1S/C25H27FN4O5/c1-3-5-13-28-20-12-11-19(30(34)35)14-16(20)15-25(21(28)6-4-2)22(31)27-24(33)29(23(25)32)18-9-7-17(26)8-10-18/h7-12,14,21H,3-6,13,15H2,1-2H3,(H,27,31,33)/t21-,25+/m1/s1. The number of benzene rings is 2. The molecule has 1 saturated heterocycles. The van der Waals surface area contributed by atoms with Crippen molar-refractivity contribution in [3.8, 4) is 0 Å². The van der Waals surface area contributed by atoms with Crippen LogP contribution in [0.1, 0.15) is 45.1 Å². The van der Waals surface area contributed by atoms with Crippen LogP contribution in [0.3, 0.4) is 0 Å². The number of rotatable bonds is 7. The quantitative estimate of drug-likeness (QED) is 0.357. The fourth-order valence-corrected chi connectivity index (χ4v) is 5.17. The molecule has 2 atom stereocenters. The van der Waals surface area contributed by atoms with Crippen molar-refractivity contribution in [1.82, 2.24) is 5.32 Å². The van der Waals surface area contributed by atoms with Gasteiger partial charge >= 0.3 is 6.03 Å². The van der Waals surface area contributed by atoms with Gasteiger partial charge in [0.2, 0.25) is 5.91 Å². The van der Waals surface area contributed by atoms with Crippen LogP contribution in [0.2, 0.25) is 0 Å². The summed E-state index contributed by atoms with van der Waals surface area (Å²) < 4.78 is 13.5. The topological polar surface area (TPSA) is 113 Å². The molecule has 2 aromatic carbocycles. The number of nitrogens with zero attached hydrogens (tertiary/aromatic N) is 3. The van der Waals surface area contributed by atoms with E-state index in [-0.39, 0.29) is 17.8 Å². The third-order valence-electron chi connectivity index (χ3n) is 6.81. The van der Waals surface area contributed by atoms with E-state index in [1.807, 2.05) is 18.7 Å². The highest BCUT2D eigenvalue weighted by Crippen LogP contribution is 2.47. The van der Waals surface area contributed by atoms with Crippen molar-refractivity contribution in [3.63, 3.8) is 0 Å². The highest BCUT2D eigenvalue weighted by atomic mass is 19.1. The van der Waals surface area contributed by atoms with Gasteiger partial charge in [-0.1, -0.05) is 26.7 Å². The Morgan fingerprint density at radius 2 is 1.83 bits per heavy atom. The number of hydrogen-bond donors (Lipinski definition) is 1. The second kappa shape index (κ2) is 9.44. The van der Waals surface area contributed by atoms with Gasteiger partial charge in [0.05, 0.1) is 16.7 Å². The molecule has 0 radical (unpaired) electrons. The number of urea groups is 1. The van der Waals surface area contributed by atoms with Crippen LogP contribution in [0, 0.1) is 21.3 Å². The summed E-state index contributed by atoms with van der Waals surface area (Å²) in [4.78, 5) is 54.3. The Morgan fingerprint density at radius 1 is 1.11 bits per heavy atom. The lowest BCUT2D eigenvalue weighted by molar-refractivity contribution is -0.384. The number of halogens is 1. The Bertz CT molecular complexity index is 1180. The molecule has 2 heterocycles. The second-order valence-electron chi connectivity index (χ2n) is 8.95. The number of hydrogen-bond acceptors (Lipinski definition) is 6. The highest BCUT2D eigenvalue weighted by Gasteiger charge is 2.62. The van der Waals surface area contributed by atoms with Crippen molar-refractivity contribution in [2.75, 3.05) is 16.3 Å². The molecule has 9 nitrogen and oxygen atoms in total. The van der Waals surface area contributed by atoms with Gasteiger partial charge in [0.15, 0.2) is 5.41 Å². The van der Waals surface area contributed by atoms with Gasteiger partial charge < -0.3 is 4.90 Å². The summed E-state index contributed by atoms with van der Waals surface area (Å²) in [5.41, 5.74) is -0.438. The van der Waals surface area contributed by atoms with E-state index in [9.17, 15) is 28.9 Å². The van der Waals surface area contributed by atoms with Crippen LogP contribution in [-0.2, 0) is 16.0 Å². The molecule has 2 aromatic rings. The third-order valence-corrected chi connectivity index (χ3v) is 6.81. The molecule has 2 aliphatic heterocycles. The fraction of sp³-hybridized carbons (Fsp3) is 0.400. The molecule has 0 unspecified atom stereocenters. The SMILES string of the molecule is CCCCN1c2ccc([N+](=O)[O-])cc2C[C@@]2(C(=O)NC(=O)N(c3ccc(F)cc3)C2=O)[C@H]1CCC. The van der Waals surface area contributed by atoms with E-state index in [0.29, 0.717) is 24.9 Å². The summed E-state index contributed by atoms with van der Waals surface area (Å²) in [6, 6.07) is 7.91. The lowest BCUT2D eigenvalue weighted by Gasteiger charge is -2.52. The molecule has 0 saturated carbocycles. The first kappa shape index (κ1) is 24.3. The minimum atomic E-state index is -1.69. The second-order valence-corrected chi connectivity index (χ2v) is 8.95. The van der Waals surface area contributed by atoms with Gasteiger partial charge in [-0.2, -0.15) is 0 Å². The summed E-state index contributed by atoms with van der Waals surface area (Å²) in [6.45, 7) is 4.52. The molecule has 10 heteroatoms. The molecule has 1 N–H and O–H groups in total. The summed E-state index contributed by atoms with van der Waals surface area (Å²) in [5, 5.41) is 13.8. The first-order valence-corrected chi connectivity index (χ1v) is 11.7. The average Bonchev–Trinajstić information content (AvgIpc) is 2.83. The lowest BCUT2D eigenvalue weighted by atomic mass is 9.67. The van der Waals surface area contributed by atoms with E-state index in [4.69, 9.17) is 0 Å². The number of fused-ring (bicyclic) bond motifs is 1. The zero-order valence-corrected chi connectivity index (χ0v) is 19.6. The van der Waals surface area contributed by atoms with Gasteiger partial charge in [-0.05, 0) is 48.7 Å². The number of nitrogens with one attached hydrogen (secondary N) is 1. The van der Waals surface area contributed by atoms with Crippen LogP contribution in [-0.4, -0.2) is 35.4 Å². The monoisotopic (exact) mass is 482 g/mol. The highest BCUT2D eigenvalue weighted by molar-refractivity contribution is 6.30. The largest absolute Gasteiger partial charge is 0.367 e. The number of carbonyl (C=O) groups is 3. The van der Waals surface area contributed by atoms with Gasteiger partial charge in [0.25, 0.3) is 11.6 Å². The maximum atomic E-state index is 14.1. The Hall–Kier alpha value is -3.82. The van der Waals surface area contributed by atoms with Crippen LogP contribution < -0.4 is 15.1 Å². The first-order valence-electron chi connectivity index (χ1n) is 11.7. The van der Waals surface area contributed by atoms with E-state index in [2.05, 4.69) is 5.32 Å². The number of imide groups is 2. The zero-order valence-electron chi connectivity index (χ0n) is 19.6. The van der Waals surface area contributed by atoms with Crippen LogP contribution in [0.15, 0.2) is 42.5 Å². The predicted octanol–water partition coefficient (Wildman–Crippen LogP) is 4.33. The van der Waals surface area contributed by atoms with Crippen LogP contribution >= 0.6 is 0 Å². The number of nitro benzene ring substituents is 1.